The van der Waals surface area contributed by atoms with E-state index in [1.165, 1.54) is 13.8 Å². The SMILES string of the molecule is CC(C)(C(=O)O)[C@]1(F)CC[C@@H](Oc2nc3nc(-c4ccc(N5CCOCC5)cc4)c(Cl)cc3[nH]2)CC1. The molecule has 2 fully saturated rings. The summed E-state index contributed by atoms with van der Waals surface area (Å²) in [6.07, 6.45) is 0.775. The Bertz CT molecular complexity index is 1250. The van der Waals surface area contributed by atoms with Crippen molar-refractivity contribution in [2.45, 2.75) is 51.3 Å². The second kappa shape index (κ2) is 9.52. The highest BCUT2D eigenvalue weighted by atomic mass is 35.5. The Hall–Kier alpha value is -2.91. The number of rotatable bonds is 6. The Morgan fingerprint density at radius 1 is 1.22 bits per heavy atom. The molecule has 1 saturated carbocycles. The number of alkyl halides is 1. The zero-order valence-corrected chi connectivity index (χ0v) is 21.1. The lowest BCUT2D eigenvalue weighted by molar-refractivity contribution is -0.160. The van der Waals surface area contributed by atoms with Gasteiger partial charge < -0.3 is 24.5 Å². The zero-order valence-electron chi connectivity index (χ0n) is 20.4. The van der Waals surface area contributed by atoms with Crippen molar-refractivity contribution in [3.8, 4) is 17.3 Å². The lowest BCUT2D eigenvalue weighted by atomic mass is 9.68. The third-order valence-electron chi connectivity index (χ3n) is 7.58. The van der Waals surface area contributed by atoms with Crippen LogP contribution in [0.15, 0.2) is 30.3 Å². The average molecular weight is 517 g/mol. The molecule has 0 bridgehead atoms. The number of carboxylic acid groups (broad SMARTS) is 1. The van der Waals surface area contributed by atoms with Crippen LogP contribution in [-0.2, 0) is 9.53 Å². The second-order valence-electron chi connectivity index (χ2n) is 10.1. The summed E-state index contributed by atoms with van der Waals surface area (Å²) in [5.41, 5.74) is 0.549. The molecule has 3 heterocycles. The number of imidazole rings is 1. The Labute approximate surface area is 213 Å². The van der Waals surface area contributed by atoms with E-state index in [4.69, 9.17) is 21.1 Å². The molecule has 1 aromatic carbocycles. The summed E-state index contributed by atoms with van der Waals surface area (Å²) < 4.78 is 26.8. The van der Waals surface area contributed by atoms with Gasteiger partial charge in [0.15, 0.2) is 5.65 Å². The number of morpholine rings is 1. The number of halogens is 2. The third-order valence-corrected chi connectivity index (χ3v) is 7.87. The normalized spacial score (nSPS) is 23.1. The first-order chi connectivity index (χ1) is 17.2. The molecule has 5 rings (SSSR count). The quantitative estimate of drug-likeness (QED) is 0.461. The molecular formula is C26H30ClFN4O4. The number of ether oxygens (including phenoxy) is 2. The minimum absolute atomic E-state index is 0.117. The van der Waals surface area contributed by atoms with Crippen LogP contribution in [0.25, 0.3) is 22.4 Å². The van der Waals surface area contributed by atoms with E-state index < -0.39 is 17.1 Å². The summed E-state index contributed by atoms with van der Waals surface area (Å²) in [5.74, 6) is -1.13. The number of aromatic amines is 1. The molecule has 0 spiro atoms. The summed E-state index contributed by atoms with van der Waals surface area (Å²) in [5, 5.41) is 9.92. The van der Waals surface area contributed by atoms with Crippen molar-refractivity contribution in [2.24, 2.45) is 5.41 Å². The second-order valence-corrected chi connectivity index (χ2v) is 10.5. The molecule has 2 aliphatic rings. The maximum Gasteiger partial charge on any atom is 0.312 e. The van der Waals surface area contributed by atoms with Gasteiger partial charge in [0, 0.05) is 24.3 Å². The van der Waals surface area contributed by atoms with E-state index in [9.17, 15) is 9.90 Å². The highest BCUT2D eigenvalue weighted by Crippen LogP contribution is 2.46. The number of H-pyrrole nitrogens is 1. The first-order valence-corrected chi connectivity index (χ1v) is 12.6. The van der Waals surface area contributed by atoms with E-state index in [0.717, 1.165) is 37.6 Å². The lowest BCUT2D eigenvalue weighted by Crippen LogP contribution is -2.49. The van der Waals surface area contributed by atoms with E-state index in [1.807, 2.05) is 12.1 Å². The van der Waals surface area contributed by atoms with Crippen molar-refractivity contribution < 1.29 is 23.8 Å². The molecule has 192 valence electrons. The van der Waals surface area contributed by atoms with Gasteiger partial charge in [-0.05, 0) is 57.7 Å². The van der Waals surface area contributed by atoms with Gasteiger partial charge in [-0.25, -0.2) is 9.37 Å². The molecule has 1 aliphatic carbocycles. The van der Waals surface area contributed by atoms with Crippen LogP contribution in [0.2, 0.25) is 5.02 Å². The monoisotopic (exact) mass is 516 g/mol. The van der Waals surface area contributed by atoms with E-state index in [-0.39, 0.29) is 18.9 Å². The summed E-state index contributed by atoms with van der Waals surface area (Å²) >= 11 is 6.56. The zero-order chi connectivity index (χ0) is 25.5. The van der Waals surface area contributed by atoms with Crippen molar-refractivity contribution in [2.75, 3.05) is 31.2 Å². The van der Waals surface area contributed by atoms with Crippen LogP contribution in [0.5, 0.6) is 6.01 Å². The molecule has 1 aliphatic heterocycles. The highest BCUT2D eigenvalue weighted by molar-refractivity contribution is 6.33. The molecule has 0 radical (unpaired) electrons. The van der Waals surface area contributed by atoms with E-state index in [0.29, 0.717) is 40.7 Å². The van der Waals surface area contributed by atoms with Gasteiger partial charge in [-0.1, -0.05) is 23.7 Å². The van der Waals surface area contributed by atoms with Crippen molar-refractivity contribution in [3.63, 3.8) is 0 Å². The maximum atomic E-state index is 15.4. The molecule has 10 heteroatoms. The van der Waals surface area contributed by atoms with Gasteiger partial charge in [0.25, 0.3) is 6.01 Å². The van der Waals surface area contributed by atoms with Gasteiger partial charge in [-0.15, -0.1) is 0 Å². The number of carbonyl (C=O) groups is 1. The van der Waals surface area contributed by atoms with Crippen LogP contribution in [-0.4, -0.2) is 64.1 Å². The molecule has 36 heavy (non-hydrogen) atoms. The number of fused-ring (bicyclic) bond motifs is 1. The number of pyridine rings is 1. The summed E-state index contributed by atoms with van der Waals surface area (Å²) in [6, 6.07) is 10.2. The molecule has 1 saturated heterocycles. The maximum absolute atomic E-state index is 15.4. The Morgan fingerprint density at radius 3 is 2.53 bits per heavy atom. The number of hydrogen-bond acceptors (Lipinski definition) is 6. The van der Waals surface area contributed by atoms with Gasteiger partial charge in [-0.2, -0.15) is 4.98 Å². The number of carboxylic acids is 1. The molecule has 2 aromatic heterocycles. The van der Waals surface area contributed by atoms with Gasteiger partial charge >= 0.3 is 5.97 Å². The average Bonchev–Trinajstić information content (AvgIpc) is 3.26. The fraction of sp³-hybridized carbons (Fsp3) is 0.500. The first kappa shape index (κ1) is 24.8. The van der Waals surface area contributed by atoms with Crippen LogP contribution in [0.3, 0.4) is 0 Å². The first-order valence-electron chi connectivity index (χ1n) is 12.2. The predicted molar refractivity (Wildman–Crippen MR) is 136 cm³/mol. The topological polar surface area (TPSA) is 101 Å². The minimum Gasteiger partial charge on any atom is -0.481 e. The number of aliphatic carboxylic acids is 1. The van der Waals surface area contributed by atoms with E-state index in [1.54, 1.807) is 6.07 Å². The lowest BCUT2D eigenvalue weighted by Gasteiger charge is -2.41. The minimum atomic E-state index is -1.77. The van der Waals surface area contributed by atoms with Crippen molar-refractivity contribution in [3.05, 3.63) is 35.4 Å². The summed E-state index contributed by atoms with van der Waals surface area (Å²) in [7, 11) is 0. The van der Waals surface area contributed by atoms with Gasteiger partial charge in [0.2, 0.25) is 0 Å². The van der Waals surface area contributed by atoms with Crippen molar-refractivity contribution >= 4 is 34.4 Å². The van der Waals surface area contributed by atoms with Crippen LogP contribution in [0, 0.1) is 5.41 Å². The molecule has 0 amide bonds. The fourth-order valence-electron chi connectivity index (χ4n) is 4.95. The Morgan fingerprint density at radius 2 is 1.89 bits per heavy atom. The van der Waals surface area contributed by atoms with Crippen LogP contribution in [0.1, 0.15) is 39.5 Å². The fourth-order valence-corrected chi connectivity index (χ4v) is 5.21. The smallest absolute Gasteiger partial charge is 0.312 e. The molecule has 0 atom stereocenters. The number of hydrogen-bond donors (Lipinski definition) is 2. The van der Waals surface area contributed by atoms with Crippen molar-refractivity contribution in [1.29, 1.82) is 0 Å². The molecule has 3 aromatic rings. The highest BCUT2D eigenvalue weighted by Gasteiger charge is 2.52. The van der Waals surface area contributed by atoms with Crippen LogP contribution in [0.4, 0.5) is 10.1 Å². The number of nitrogens with one attached hydrogen (secondary N) is 1. The Kier molecular flexibility index (Phi) is 6.55. The third kappa shape index (κ3) is 4.62. The number of nitrogens with zero attached hydrogens (tertiary/aromatic N) is 3. The largest absolute Gasteiger partial charge is 0.481 e. The van der Waals surface area contributed by atoms with E-state index >= 15 is 4.39 Å². The predicted octanol–water partition coefficient (Wildman–Crippen LogP) is 5.26. The van der Waals surface area contributed by atoms with Gasteiger partial charge in [-0.3, -0.25) is 4.79 Å². The summed E-state index contributed by atoms with van der Waals surface area (Å²) in [4.78, 5) is 26.1. The molecular weight excluding hydrogens is 487 g/mol. The Balaban J connectivity index is 1.29. The van der Waals surface area contributed by atoms with Crippen molar-refractivity contribution in [1.82, 2.24) is 15.0 Å². The van der Waals surface area contributed by atoms with Gasteiger partial charge in [0.05, 0.1) is 34.9 Å². The number of benzene rings is 1. The van der Waals surface area contributed by atoms with Gasteiger partial charge in [0.1, 0.15) is 11.8 Å². The summed E-state index contributed by atoms with van der Waals surface area (Å²) in [6.45, 7) is 6.07. The van der Waals surface area contributed by atoms with E-state index in [2.05, 4.69) is 32.0 Å². The van der Waals surface area contributed by atoms with Crippen LogP contribution < -0.4 is 9.64 Å². The van der Waals surface area contributed by atoms with Crippen LogP contribution >= 0.6 is 11.6 Å². The molecule has 8 nitrogen and oxygen atoms in total. The molecule has 0 unspecified atom stereocenters. The number of aromatic nitrogens is 3. The molecule has 2 N–H and O–H groups in total. The standard InChI is InChI=1S/C26H30ClFN4O4/c1-25(2,23(33)34)26(28)9-7-18(8-10-26)36-24-29-20-15-19(27)21(30-22(20)31-24)16-3-5-17(6-4-16)32-11-13-35-14-12-32/h3-6,15,18H,7-14H2,1-2H3,(H,33,34)(H,29,30,31)/t18-,26+. The number of anilines is 1.